The van der Waals surface area contributed by atoms with Gasteiger partial charge in [-0.2, -0.15) is 5.10 Å². The summed E-state index contributed by atoms with van der Waals surface area (Å²) in [6, 6.07) is 3.80. The fourth-order valence-corrected chi connectivity index (χ4v) is 5.80. The maximum absolute atomic E-state index is 10.0. The third-order valence-electron chi connectivity index (χ3n) is 6.57. The van der Waals surface area contributed by atoms with E-state index < -0.39 is 0 Å². The molecule has 2 aliphatic heterocycles. The van der Waals surface area contributed by atoms with Crippen molar-refractivity contribution < 1.29 is 5.11 Å². The summed E-state index contributed by atoms with van der Waals surface area (Å²) >= 11 is 7.66. The predicted molar refractivity (Wildman–Crippen MR) is 124 cm³/mol. The van der Waals surface area contributed by atoms with Gasteiger partial charge in [-0.25, -0.2) is 15.0 Å². The molecule has 32 heavy (non-hydrogen) atoms. The molecule has 0 amide bonds. The number of anilines is 2. The Kier molecular flexibility index (Phi) is 5.48. The number of aliphatic hydroxyl groups is 1. The molecule has 5 rings (SSSR count). The van der Waals surface area contributed by atoms with E-state index in [0.717, 1.165) is 54.6 Å². The highest BCUT2D eigenvalue weighted by atomic mass is 35.5. The van der Waals surface area contributed by atoms with E-state index in [1.807, 2.05) is 23.9 Å². The quantitative estimate of drug-likeness (QED) is 0.523. The number of nitrogens with two attached hydrogens (primary N) is 2. The Morgan fingerprint density at radius 1 is 1.25 bits per heavy atom. The summed E-state index contributed by atoms with van der Waals surface area (Å²) < 4.78 is 2.03. The van der Waals surface area contributed by atoms with Gasteiger partial charge in [0.15, 0.2) is 5.82 Å². The molecular weight excluding hydrogens is 448 g/mol. The van der Waals surface area contributed by atoms with Crippen LogP contribution in [0.4, 0.5) is 11.6 Å². The van der Waals surface area contributed by atoms with Crippen LogP contribution in [0.5, 0.6) is 0 Å². The molecule has 168 valence electrons. The van der Waals surface area contributed by atoms with Crippen LogP contribution < -0.4 is 16.4 Å². The van der Waals surface area contributed by atoms with Gasteiger partial charge in [0.2, 0.25) is 0 Å². The Hall–Kier alpha value is -2.40. The number of piperidine rings is 1. The van der Waals surface area contributed by atoms with Crippen LogP contribution in [-0.4, -0.2) is 42.9 Å². The molecule has 1 atom stereocenters. The van der Waals surface area contributed by atoms with Crippen molar-refractivity contribution in [1.29, 1.82) is 0 Å². The Balaban J connectivity index is 1.36. The lowest BCUT2D eigenvalue weighted by Gasteiger charge is -2.42. The van der Waals surface area contributed by atoms with Crippen LogP contribution in [0.3, 0.4) is 0 Å². The summed E-state index contributed by atoms with van der Waals surface area (Å²) in [7, 11) is 0. The number of hydrogen-bond donors (Lipinski definition) is 3. The number of aliphatic hydroxyl groups excluding tert-OH is 1. The molecule has 3 aromatic heterocycles. The molecule has 11 heteroatoms. The minimum absolute atomic E-state index is 0.00592. The van der Waals surface area contributed by atoms with Gasteiger partial charge in [-0.05, 0) is 31.9 Å². The number of nitrogen functional groups attached to an aromatic ring is 1. The third kappa shape index (κ3) is 3.51. The highest BCUT2D eigenvalue weighted by Crippen LogP contribution is 2.48. The normalized spacial score (nSPS) is 19.5. The summed E-state index contributed by atoms with van der Waals surface area (Å²) in [5.41, 5.74) is 14.9. The molecule has 0 aromatic carbocycles. The van der Waals surface area contributed by atoms with Crippen molar-refractivity contribution in [2.75, 3.05) is 23.7 Å². The molecule has 1 saturated heterocycles. The lowest BCUT2D eigenvalue weighted by molar-refractivity contribution is 0.170. The van der Waals surface area contributed by atoms with Crippen molar-refractivity contribution in [3.8, 4) is 0 Å². The molecule has 1 unspecified atom stereocenters. The van der Waals surface area contributed by atoms with Crippen molar-refractivity contribution in [2.24, 2.45) is 11.1 Å². The number of rotatable bonds is 4. The van der Waals surface area contributed by atoms with Gasteiger partial charge in [0.05, 0.1) is 29.1 Å². The second-order valence-electron chi connectivity index (χ2n) is 8.39. The zero-order valence-electron chi connectivity index (χ0n) is 17.7. The minimum atomic E-state index is -0.196. The summed E-state index contributed by atoms with van der Waals surface area (Å²) in [6.45, 7) is 4.18. The second-order valence-corrected chi connectivity index (χ2v) is 9.80. The van der Waals surface area contributed by atoms with Gasteiger partial charge in [0.25, 0.3) is 0 Å². The molecule has 2 aliphatic rings. The summed E-state index contributed by atoms with van der Waals surface area (Å²) in [5.74, 6) is 1.00. The molecule has 0 aliphatic carbocycles. The van der Waals surface area contributed by atoms with E-state index in [2.05, 4.69) is 15.0 Å². The molecule has 5 heterocycles. The van der Waals surface area contributed by atoms with Crippen molar-refractivity contribution in [3.63, 3.8) is 0 Å². The first kappa shape index (κ1) is 21.4. The Bertz CT molecular complexity index is 1160. The minimum Gasteiger partial charge on any atom is -0.390 e. The standard InChI is InChI=1S/C21H25ClN8OS/c1-12-20(32-15-3-6-25-18(24)16(15)22)28-13(10-31)19(27-12)29-8-4-21(5-9-29)11-30-14(17(21)23)2-7-26-30/h2-3,6-7,17,31H,4-5,8-11,23H2,1H3,(H2,24,25). The maximum Gasteiger partial charge on any atom is 0.153 e. The number of halogens is 1. The zero-order valence-corrected chi connectivity index (χ0v) is 19.3. The van der Waals surface area contributed by atoms with Crippen LogP contribution in [0.25, 0.3) is 0 Å². The molecule has 0 saturated carbocycles. The van der Waals surface area contributed by atoms with Crippen molar-refractivity contribution in [1.82, 2.24) is 24.7 Å². The number of hydrogen-bond acceptors (Lipinski definition) is 9. The molecule has 0 radical (unpaired) electrons. The highest BCUT2D eigenvalue weighted by Gasteiger charge is 2.47. The molecule has 1 spiro atoms. The van der Waals surface area contributed by atoms with Crippen molar-refractivity contribution in [3.05, 3.63) is 46.6 Å². The number of fused-ring (bicyclic) bond motifs is 1. The Morgan fingerprint density at radius 2 is 2.03 bits per heavy atom. The average Bonchev–Trinajstić information content (AvgIpc) is 3.34. The second kappa shape index (κ2) is 8.18. The van der Waals surface area contributed by atoms with E-state index in [-0.39, 0.29) is 23.9 Å². The van der Waals surface area contributed by atoms with Gasteiger partial charge in [0, 0.05) is 42.3 Å². The number of aromatic nitrogens is 5. The van der Waals surface area contributed by atoms with Crippen molar-refractivity contribution in [2.45, 2.75) is 48.9 Å². The van der Waals surface area contributed by atoms with Gasteiger partial charge in [0.1, 0.15) is 16.5 Å². The van der Waals surface area contributed by atoms with Crippen LogP contribution in [0.2, 0.25) is 5.02 Å². The van der Waals surface area contributed by atoms with E-state index >= 15 is 0 Å². The fraction of sp³-hybridized carbons (Fsp3) is 0.429. The van der Waals surface area contributed by atoms with Crippen LogP contribution in [0.15, 0.2) is 34.4 Å². The maximum atomic E-state index is 10.0. The highest BCUT2D eigenvalue weighted by molar-refractivity contribution is 7.99. The Labute approximate surface area is 195 Å². The van der Waals surface area contributed by atoms with Crippen LogP contribution >= 0.6 is 23.4 Å². The van der Waals surface area contributed by atoms with Crippen LogP contribution in [0, 0.1) is 12.3 Å². The molecule has 5 N–H and O–H groups in total. The first-order valence-electron chi connectivity index (χ1n) is 10.5. The van der Waals surface area contributed by atoms with Gasteiger partial charge in [-0.15, -0.1) is 0 Å². The predicted octanol–water partition coefficient (Wildman–Crippen LogP) is 2.56. The van der Waals surface area contributed by atoms with Crippen LogP contribution in [0.1, 0.15) is 36.0 Å². The monoisotopic (exact) mass is 472 g/mol. The summed E-state index contributed by atoms with van der Waals surface area (Å²) in [6.07, 6.45) is 5.30. The van der Waals surface area contributed by atoms with Crippen molar-refractivity contribution >= 4 is 35.0 Å². The van der Waals surface area contributed by atoms with Gasteiger partial charge >= 0.3 is 0 Å². The average molecular weight is 473 g/mol. The Morgan fingerprint density at radius 3 is 2.75 bits per heavy atom. The van der Waals surface area contributed by atoms with Gasteiger partial charge < -0.3 is 21.5 Å². The molecule has 0 bridgehead atoms. The number of pyridine rings is 1. The van der Waals surface area contributed by atoms with Gasteiger partial charge in [-0.1, -0.05) is 23.4 Å². The van der Waals surface area contributed by atoms with E-state index in [1.54, 1.807) is 12.3 Å². The smallest absolute Gasteiger partial charge is 0.153 e. The van der Waals surface area contributed by atoms with E-state index in [4.69, 9.17) is 33.0 Å². The molecule has 9 nitrogen and oxygen atoms in total. The topological polar surface area (TPSA) is 132 Å². The number of aryl methyl sites for hydroxylation is 1. The first-order valence-corrected chi connectivity index (χ1v) is 11.7. The van der Waals surface area contributed by atoms with Gasteiger partial charge in [-0.3, -0.25) is 4.68 Å². The molecule has 3 aromatic rings. The SMILES string of the molecule is Cc1nc(N2CCC3(CC2)Cn2nccc2C3N)c(CO)nc1Sc1ccnc(N)c1Cl. The van der Waals surface area contributed by atoms with Crippen LogP contribution in [-0.2, 0) is 13.2 Å². The first-order chi connectivity index (χ1) is 15.4. The lowest BCUT2D eigenvalue weighted by atomic mass is 9.73. The summed E-state index contributed by atoms with van der Waals surface area (Å²) in [5, 5.41) is 15.5. The molecular formula is C21H25ClN8OS. The summed E-state index contributed by atoms with van der Waals surface area (Å²) in [4.78, 5) is 16.5. The van der Waals surface area contributed by atoms with E-state index in [1.165, 1.54) is 11.8 Å². The van der Waals surface area contributed by atoms with E-state index in [0.29, 0.717) is 15.7 Å². The lowest BCUT2D eigenvalue weighted by Crippen LogP contribution is -2.45. The van der Waals surface area contributed by atoms with E-state index in [9.17, 15) is 5.11 Å². The number of nitrogens with zero attached hydrogens (tertiary/aromatic N) is 6. The third-order valence-corrected chi connectivity index (χ3v) is 8.22. The molecule has 1 fully saturated rings. The largest absolute Gasteiger partial charge is 0.390 e. The fourth-order valence-electron chi connectivity index (χ4n) is 4.69. The zero-order chi connectivity index (χ0) is 22.5.